The number of nitrogens with zero attached hydrogens (tertiary/aromatic N) is 3. The molecular formula is C45H30N4S. The number of hydrogen-bond acceptors (Lipinski definition) is 4. The van der Waals surface area contributed by atoms with Crippen LogP contribution < -0.4 is 5.32 Å². The lowest BCUT2D eigenvalue weighted by Gasteiger charge is -2.24. The number of benzene rings is 7. The fourth-order valence-corrected chi connectivity index (χ4v) is 8.32. The van der Waals surface area contributed by atoms with Crippen LogP contribution in [0.25, 0.3) is 58.8 Å². The summed E-state index contributed by atoms with van der Waals surface area (Å²) in [4.78, 5) is 10.3. The van der Waals surface area contributed by atoms with Gasteiger partial charge in [0.2, 0.25) is 0 Å². The molecule has 4 nitrogen and oxygen atoms in total. The predicted molar refractivity (Wildman–Crippen MR) is 211 cm³/mol. The second kappa shape index (κ2) is 11.7. The van der Waals surface area contributed by atoms with E-state index in [9.17, 15) is 0 Å². The van der Waals surface area contributed by atoms with Gasteiger partial charge in [-0.05, 0) is 71.3 Å². The third-order valence-electron chi connectivity index (χ3n) is 9.65. The van der Waals surface area contributed by atoms with E-state index in [1.807, 2.05) is 23.5 Å². The van der Waals surface area contributed by atoms with Gasteiger partial charge in [0.25, 0.3) is 0 Å². The van der Waals surface area contributed by atoms with E-state index in [1.54, 1.807) is 0 Å². The fourth-order valence-electron chi connectivity index (χ4n) is 7.25. The monoisotopic (exact) mass is 658 g/mol. The minimum absolute atomic E-state index is 0.268. The molecule has 236 valence electrons. The highest BCUT2D eigenvalue weighted by Crippen LogP contribution is 2.38. The van der Waals surface area contributed by atoms with Crippen molar-refractivity contribution < 1.29 is 0 Å². The van der Waals surface area contributed by atoms with Crippen LogP contribution in [0.4, 0.5) is 0 Å². The molecule has 1 N–H and O–H groups in total. The molecule has 0 radical (unpaired) electrons. The highest BCUT2D eigenvalue weighted by atomic mass is 32.1. The van der Waals surface area contributed by atoms with Crippen molar-refractivity contribution in [3.05, 3.63) is 187 Å². The van der Waals surface area contributed by atoms with Crippen molar-refractivity contribution in [2.24, 2.45) is 9.98 Å². The summed E-state index contributed by atoms with van der Waals surface area (Å²) in [5.74, 6) is 1.53. The van der Waals surface area contributed by atoms with E-state index in [2.05, 4.69) is 168 Å². The zero-order valence-corrected chi connectivity index (χ0v) is 27.8. The number of nitrogens with one attached hydrogen (secondary N) is 1. The summed E-state index contributed by atoms with van der Waals surface area (Å²) in [5, 5.41) is 8.67. The summed E-state index contributed by atoms with van der Waals surface area (Å²) in [6, 6.07) is 60.3. The van der Waals surface area contributed by atoms with Crippen LogP contribution >= 0.6 is 11.3 Å². The lowest BCUT2D eigenvalue weighted by atomic mass is 10.0. The van der Waals surface area contributed by atoms with Crippen molar-refractivity contribution in [3.63, 3.8) is 0 Å². The third-order valence-corrected chi connectivity index (χ3v) is 10.8. The van der Waals surface area contributed by atoms with E-state index in [-0.39, 0.29) is 6.17 Å². The van der Waals surface area contributed by atoms with Gasteiger partial charge in [-0.3, -0.25) is 0 Å². The Bertz CT molecular complexity index is 2740. The van der Waals surface area contributed by atoms with Crippen molar-refractivity contribution in [1.29, 1.82) is 0 Å². The molecule has 0 amide bonds. The van der Waals surface area contributed by atoms with Crippen molar-refractivity contribution in [3.8, 4) is 16.8 Å². The Hall–Kier alpha value is -6.30. The molecule has 0 fully saturated rings. The standard InChI is InChI=1S/C45H30N4S/c1-3-12-29(13-4-1)31-16-11-17-32(26-31)44-46-43(30-14-5-2-6-15-30)47-45(48-44)33-22-24-41-37(27-33)38-28-34(23-25-42(38)50-41)49-39-20-9-7-18-35(39)36-19-8-10-21-40(36)49/h1-28,43H,(H,46,47,48). The summed E-state index contributed by atoms with van der Waals surface area (Å²) < 4.78 is 4.91. The summed E-state index contributed by atoms with van der Waals surface area (Å²) in [5.41, 5.74) is 9.01. The van der Waals surface area contributed by atoms with Crippen LogP contribution in [-0.2, 0) is 0 Å². The molecular weight excluding hydrogens is 629 g/mol. The van der Waals surface area contributed by atoms with Gasteiger partial charge in [0.15, 0.2) is 5.84 Å². The lowest BCUT2D eigenvalue weighted by molar-refractivity contribution is 0.674. The second-order valence-electron chi connectivity index (χ2n) is 12.7. The smallest absolute Gasteiger partial charge is 0.159 e. The first kappa shape index (κ1) is 28.7. The average Bonchev–Trinajstić information content (AvgIpc) is 3.73. The van der Waals surface area contributed by atoms with E-state index in [1.165, 1.54) is 47.5 Å². The first-order valence-electron chi connectivity index (χ1n) is 16.9. The summed E-state index contributed by atoms with van der Waals surface area (Å²) >= 11 is 1.83. The highest BCUT2D eigenvalue weighted by molar-refractivity contribution is 7.25. The summed E-state index contributed by atoms with van der Waals surface area (Å²) in [7, 11) is 0. The molecule has 0 bridgehead atoms. The molecule has 9 aromatic rings. The number of hydrogen-bond donors (Lipinski definition) is 1. The van der Waals surface area contributed by atoms with E-state index in [0.717, 1.165) is 33.8 Å². The van der Waals surface area contributed by atoms with Gasteiger partial charge in [0, 0.05) is 47.8 Å². The van der Waals surface area contributed by atoms with Crippen molar-refractivity contribution in [2.45, 2.75) is 6.17 Å². The Kier molecular flexibility index (Phi) is 6.71. The number of aromatic nitrogens is 1. The molecule has 1 aliphatic rings. The number of fused-ring (bicyclic) bond motifs is 6. The molecule has 0 aliphatic carbocycles. The van der Waals surface area contributed by atoms with Crippen molar-refractivity contribution in [1.82, 2.24) is 9.88 Å². The molecule has 10 rings (SSSR count). The first-order valence-corrected chi connectivity index (χ1v) is 17.7. The minimum Gasteiger partial charge on any atom is -0.344 e. The SMILES string of the molecule is c1ccc(-c2cccc(C3=NC(c4ccccc4)NC(c4ccc5sc6ccc(-n7c8ccccc8c8ccccc87)cc6c5c4)=N3)c2)cc1. The van der Waals surface area contributed by atoms with Gasteiger partial charge in [-0.1, -0.05) is 115 Å². The number of aliphatic imine (C=N–C) groups is 2. The lowest BCUT2D eigenvalue weighted by Crippen LogP contribution is -2.33. The molecule has 0 saturated carbocycles. The number of rotatable bonds is 5. The molecule has 1 unspecified atom stereocenters. The van der Waals surface area contributed by atoms with Crippen LogP contribution in [0.5, 0.6) is 0 Å². The Balaban J connectivity index is 1.11. The van der Waals surface area contributed by atoms with Gasteiger partial charge < -0.3 is 9.88 Å². The largest absolute Gasteiger partial charge is 0.344 e. The van der Waals surface area contributed by atoms with Crippen molar-refractivity contribution in [2.75, 3.05) is 0 Å². The molecule has 7 aromatic carbocycles. The third kappa shape index (κ3) is 4.82. The normalized spacial score (nSPS) is 14.6. The average molecular weight is 659 g/mol. The zero-order valence-electron chi connectivity index (χ0n) is 27.0. The maximum absolute atomic E-state index is 5.19. The fraction of sp³-hybridized carbons (Fsp3) is 0.0222. The molecule has 0 spiro atoms. The topological polar surface area (TPSA) is 41.7 Å². The first-order chi connectivity index (χ1) is 24.8. The van der Waals surface area contributed by atoms with Crippen LogP contribution in [0.1, 0.15) is 22.9 Å². The van der Waals surface area contributed by atoms with E-state index < -0.39 is 0 Å². The van der Waals surface area contributed by atoms with Crippen LogP contribution in [0.15, 0.2) is 180 Å². The molecule has 1 atom stereocenters. The van der Waals surface area contributed by atoms with E-state index >= 15 is 0 Å². The van der Waals surface area contributed by atoms with Crippen LogP contribution in [-0.4, -0.2) is 16.2 Å². The Morgan fingerprint density at radius 3 is 1.86 bits per heavy atom. The summed E-state index contributed by atoms with van der Waals surface area (Å²) in [6.45, 7) is 0. The van der Waals surface area contributed by atoms with E-state index in [4.69, 9.17) is 9.98 Å². The van der Waals surface area contributed by atoms with Crippen LogP contribution in [0.3, 0.4) is 0 Å². The van der Waals surface area contributed by atoms with Crippen molar-refractivity contribution >= 4 is 65.0 Å². The second-order valence-corrected chi connectivity index (χ2v) is 13.8. The van der Waals surface area contributed by atoms with Gasteiger partial charge in [0.05, 0.1) is 11.0 Å². The number of thiophene rings is 1. The van der Waals surface area contributed by atoms with Gasteiger partial charge in [-0.15, -0.1) is 11.3 Å². The minimum atomic E-state index is -0.268. The van der Waals surface area contributed by atoms with Gasteiger partial charge in [-0.25, -0.2) is 9.98 Å². The quantitative estimate of drug-likeness (QED) is 0.196. The number of amidine groups is 2. The molecule has 1 aliphatic heterocycles. The molecule has 50 heavy (non-hydrogen) atoms. The predicted octanol–water partition coefficient (Wildman–Crippen LogP) is 11.3. The highest BCUT2D eigenvalue weighted by Gasteiger charge is 2.22. The maximum atomic E-state index is 5.19. The van der Waals surface area contributed by atoms with Gasteiger partial charge in [-0.2, -0.15) is 0 Å². The maximum Gasteiger partial charge on any atom is 0.159 e. The molecule has 0 saturated heterocycles. The Labute approximate surface area is 293 Å². The Morgan fingerprint density at radius 1 is 0.480 bits per heavy atom. The number of para-hydroxylation sites is 2. The zero-order chi connectivity index (χ0) is 33.0. The van der Waals surface area contributed by atoms with Gasteiger partial charge >= 0.3 is 0 Å². The van der Waals surface area contributed by atoms with Gasteiger partial charge in [0.1, 0.15) is 12.0 Å². The molecule has 2 aromatic heterocycles. The van der Waals surface area contributed by atoms with E-state index in [0.29, 0.717) is 5.84 Å². The van der Waals surface area contributed by atoms with Crippen LogP contribution in [0, 0.1) is 0 Å². The molecule has 3 heterocycles. The van der Waals surface area contributed by atoms with Crippen LogP contribution in [0.2, 0.25) is 0 Å². The summed E-state index contributed by atoms with van der Waals surface area (Å²) in [6.07, 6.45) is -0.268. The Morgan fingerprint density at radius 2 is 1.10 bits per heavy atom. The molecule has 5 heteroatoms.